The number of aromatic nitrogens is 6. The van der Waals surface area contributed by atoms with Gasteiger partial charge in [0, 0.05) is 37.2 Å². The summed E-state index contributed by atoms with van der Waals surface area (Å²) in [6, 6.07) is 5.57. The Morgan fingerprint density at radius 3 is 2.91 bits per heavy atom. The van der Waals surface area contributed by atoms with Crippen molar-refractivity contribution in [2.75, 3.05) is 12.4 Å². The molecule has 11 nitrogen and oxygen atoms in total. The molecule has 1 aliphatic rings. The standard InChI is InChI=1S/C23H25BrN8O3/c1-12-29-30-20(35-12)16-5-4-15(8-13(16)11-33)32-19-17(18(24)31-32)10-26-22(28-19)27-14-6-7-23(2,9-14)21(34)25-3/h4-5,8,10,14,33H,6-7,9,11H2,1-3H3,(H,25,34)(H,26,27,28)/t14-,23-/m1/s1. The Bertz CT molecular complexity index is 1420. The van der Waals surface area contributed by atoms with Gasteiger partial charge in [0.1, 0.15) is 4.60 Å². The number of anilines is 1. The summed E-state index contributed by atoms with van der Waals surface area (Å²) in [6.45, 7) is 3.49. The Kier molecular flexibility index (Phi) is 6.01. The number of carbonyl (C=O) groups is 1. The van der Waals surface area contributed by atoms with E-state index in [1.54, 1.807) is 24.9 Å². The van der Waals surface area contributed by atoms with Crippen molar-refractivity contribution in [1.82, 2.24) is 35.3 Å². The number of carbonyl (C=O) groups excluding carboxylic acids is 1. The highest BCUT2D eigenvalue weighted by atomic mass is 79.9. The molecule has 1 aromatic carbocycles. The first-order chi connectivity index (χ1) is 16.8. The van der Waals surface area contributed by atoms with Gasteiger partial charge in [0.2, 0.25) is 23.6 Å². The number of nitrogens with zero attached hydrogens (tertiary/aromatic N) is 6. The van der Waals surface area contributed by atoms with Crippen LogP contribution >= 0.6 is 15.9 Å². The van der Waals surface area contributed by atoms with Crippen LogP contribution in [0.25, 0.3) is 28.2 Å². The molecule has 3 N–H and O–H groups in total. The van der Waals surface area contributed by atoms with E-state index >= 15 is 0 Å². The van der Waals surface area contributed by atoms with Crippen LogP contribution in [-0.4, -0.2) is 54.0 Å². The molecule has 182 valence electrons. The zero-order valence-electron chi connectivity index (χ0n) is 19.5. The topological polar surface area (TPSA) is 144 Å². The third-order valence-electron chi connectivity index (χ3n) is 6.49. The maximum absolute atomic E-state index is 12.3. The molecule has 0 aliphatic heterocycles. The molecule has 0 unspecified atom stereocenters. The molecule has 35 heavy (non-hydrogen) atoms. The SMILES string of the molecule is CNC(=O)[C@]1(C)CC[C@@H](Nc2ncc3c(Br)nn(-c4ccc(-c5nnc(C)o5)c(CO)c4)c3n2)C1. The zero-order valence-corrected chi connectivity index (χ0v) is 21.1. The van der Waals surface area contributed by atoms with Crippen molar-refractivity contribution in [1.29, 1.82) is 0 Å². The molecule has 5 rings (SSSR count). The number of nitrogens with one attached hydrogen (secondary N) is 2. The predicted octanol–water partition coefficient (Wildman–Crippen LogP) is 3.15. The zero-order chi connectivity index (χ0) is 24.7. The Morgan fingerprint density at radius 1 is 1.37 bits per heavy atom. The molecule has 12 heteroatoms. The van der Waals surface area contributed by atoms with E-state index in [1.807, 2.05) is 25.1 Å². The second-order valence-corrected chi connectivity index (χ2v) is 9.73. The van der Waals surface area contributed by atoms with E-state index in [1.165, 1.54) is 0 Å². The van der Waals surface area contributed by atoms with Crippen LogP contribution in [0.4, 0.5) is 5.95 Å². The minimum Gasteiger partial charge on any atom is -0.421 e. The number of fused-ring (bicyclic) bond motifs is 1. The monoisotopic (exact) mass is 540 g/mol. The number of aliphatic hydroxyl groups excluding tert-OH is 1. The van der Waals surface area contributed by atoms with Crippen molar-refractivity contribution in [3.63, 3.8) is 0 Å². The van der Waals surface area contributed by atoms with Crippen molar-refractivity contribution < 1.29 is 14.3 Å². The van der Waals surface area contributed by atoms with Crippen molar-refractivity contribution in [3.8, 4) is 17.1 Å². The van der Waals surface area contributed by atoms with Crippen LogP contribution in [0.1, 0.15) is 37.6 Å². The Hall–Kier alpha value is -3.38. The third kappa shape index (κ3) is 4.27. The summed E-state index contributed by atoms with van der Waals surface area (Å²) in [5.74, 6) is 1.32. The number of aryl methyl sites for hydroxylation is 1. The number of halogens is 1. The normalized spacial score (nSPS) is 19.9. The molecule has 0 bridgehead atoms. The van der Waals surface area contributed by atoms with E-state index in [0.717, 1.165) is 18.2 Å². The smallest absolute Gasteiger partial charge is 0.248 e. The van der Waals surface area contributed by atoms with Gasteiger partial charge in [-0.05, 0) is 59.0 Å². The molecule has 3 heterocycles. The number of amides is 1. The fourth-order valence-electron chi connectivity index (χ4n) is 4.63. The molecule has 1 aliphatic carbocycles. The molecule has 0 radical (unpaired) electrons. The molecular formula is C23H25BrN8O3. The molecule has 2 atom stereocenters. The number of hydrogen-bond donors (Lipinski definition) is 3. The average Bonchev–Trinajstić information content (AvgIpc) is 3.55. The van der Waals surface area contributed by atoms with Crippen LogP contribution < -0.4 is 10.6 Å². The van der Waals surface area contributed by atoms with Crippen LogP contribution in [0.2, 0.25) is 0 Å². The van der Waals surface area contributed by atoms with Crippen molar-refractivity contribution in [2.45, 2.75) is 45.8 Å². The van der Waals surface area contributed by atoms with Gasteiger partial charge in [-0.15, -0.1) is 10.2 Å². The number of benzene rings is 1. The van der Waals surface area contributed by atoms with Crippen LogP contribution in [-0.2, 0) is 11.4 Å². The fraction of sp³-hybridized carbons (Fsp3) is 0.391. The summed E-state index contributed by atoms with van der Waals surface area (Å²) in [6.07, 6.45) is 4.07. The first kappa shape index (κ1) is 23.4. The van der Waals surface area contributed by atoms with Crippen molar-refractivity contribution in [3.05, 3.63) is 40.5 Å². The van der Waals surface area contributed by atoms with Gasteiger partial charge in [-0.3, -0.25) is 4.79 Å². The maximum atomic E-state index is 12.3. The Labute approximate surface area is 209 Å². The van der Waals surface area contributed by atoms with Gasteiger partial charge in [-0.1, -0.05) is 6.92 Å². The van der Waals surface area contributed by atoms with E-state index in [2.05, 4.69) is 46.8 Å². The van der Waals surface area contributed by atoms with E-state index in [4.69, 9.17) is 9.40 Å². The van der Waals surface area contributed by atoms with E-state index in [9.17, 15) is 9.90 Å². The van der Waals surface area contributed by atoms with Gasteiger partial charge in [0.05, 0.1) is 17.7 Å². The molecule has 1 amide bonds. The second kappa shape index (κ2) is 9.00. The lowest BCUT2D eigenvalue weighted by Crippen LogP contribution is -2.35. The number of hydrogen-bond acceptors (Lipinski definition) is 9. The van der Waals surface area contributed by atoms with Crippen LogP contribution in [0, 0.1) is 12.3 Å². The summed E-state index contributed by atoms with van der Waals surface area (Å²) >= 11 is 3.50. The Morgan fingerprint density at radius 2 is 2.20 bits per heavy atom. The van der Waals surface area contributed by atoms with Gasteiger partial charge >= 0.3 is 0 Å². The molecule has 0 saturated heterocycles. The Balaban J connectivity index is 1.47. The van der Waals surface area contributed by atoms with Crippen LogP contribution in [0.5, 0.6) is 0 Å². The van der Waals surface area contributed by atoms with E-state index in [0.29, 0.717) is 51.2 Å². The van der Waals surface area contributed by atoms with Crippen molar-refractivity contribution in [2.24, 2.45) is 5.41 Å². The lowest BCUT2D eigenvalue weighted by atomic mass is 9.87. The van der Waals surface area contributed by atoms with Gasteiger partial charge < -0.3 is 20.2 Å². The summed E-state index contributed by atoms with van der Waals surface area (Å²) in [4.78, 5) is 21.5. The summed E-state index contributed by atoms with van der Waals surface area (Å²) in [5, 5.41) is 29.4. The first-order valence-electron chi connectivity index (χ1n) is 11.3. The fourth-order valence-corrected chi connectivity index (χ4v) is 5.07. The molecule has 3 aromatic heterocycles. The largest absolute Gasteiger partial charge is 0.421 e. The number of aliphatic hydroxyl groups is 1. The van der Waals surface area contributed by atoms with Gasteiger partial charge in [0.25, 0.3) is 0 Å². The highest BCUT2D eigenvalue weighted by Gasteiger charge is 2.41. The molecule has 4 aromatic rings. The minimum atomic E-state index is -0.402. The second-order valence-electron chi connectivity index (χ2n) is 8.98. The van der Waals surface area contributed by atoms with Crippen LogP contribution in [0.15, 0.2) is 33.4 Å². The predicted molar refractivity (Wildman–Crippen MR) is 132 cm³/mol. The lowest BCUT2D eigenvalue weighted by molar-refractivity contribution is -0.129. The van der Waals surface area contributed by atoms with Crippen molar-refractivity contribution >= 4 is 38.8 Å². The highest BCUT2D eigenvalue weighted by molar-refractivity contribution is 9.10. The third-order valence-corrected chi connectivity index (χ3v) is 7.08. The molecule has 1 fully saturated rings. The summed E-state index contributed by atoms with van der Waals surface area (Å²) in [7, 11) is 1.67. The van der Waals surface area contributed by atoms with E-state index in [-0.39, 0.29) is 18.6 Å². The summed E-state index contributed by atoms with van der Waals surface area (Å²) in [5.41, 5.74) is 2.19. The van der Waals surface area contributed by atoms with Gasteiger partial charge in [-0.2, -0.15) is 10.1 Å². The lowest BCUT2D eigenvalue weighted by Gasteiger charge is -2.22. The molecule has 1 saturated carbocycles. The number of rotatable bonds is 6. The highest BCUT2D eigenvalue weighted by Crippen LogP contribution is 2.39. The minimum absolute atomic E-state index is 0.0546. The van der Waals surface area contributed by atoms with E-state index < -0.39 is 5.41 Å². The van der Waals surface area contributed by atoms with Gasteiger partial charge in [0.15, 0.2) is 5.65 Å². The quantitative estimate of drug-likeness (QED) is 0.335. The maximum Gasteiger partial charge on any atom is 0.248 e. The molecule has 0 spiro atoms. The first-order valence-corrected chi connectivity index (χ1v) is 12.1. The molecular weight excluding hydrogens is 516 g/mol. The van der Waals surface area contributed by atoms with Gasteiger partial charge in [-0.25, -0.2) is 9.67 Å². The average molecular weight is 541 g/mol. The van der Waals surface area contributed by atoms with Crippen LogP contribution in [0.3, 0.4) is 0 Å². The summed E-state index contributed by atoms with van der Waals surface area (Å²) < 4.78 is 7.83.